The summed E-state index contributed by atoms with van der Waals surface area (Å²) in [5, 5.41) is 5.45. The summed E-state index contributed by atoms with van der Waals surface area (Å²) in [6.07, 6.45) is 4.29. The molecule has 0 bridgehead atoms. The van der Waals surface area contributed by atoms with E-state index < -0.39 is 0 Å². The normalized spacial score (nSPS) is 24.0. The minimum atomic E-state index is 0.710. The fourth-order valence-electron chi connectivity index (χ4n) is 4.00. The van der Waals surface area contributed by atoms with E-state index in [1.165, 1.54) is 25.9 Å². The number of piperazine rings is 1. The Morgan fingerprint density at radius 3 is 2.62 bits per heavy atom. The Morgan fingerprint density at radius 1 is 1.08 bits per heavy atom. The molecule has 1 unspecified atom stereocenters. The lowest BCUT2D eigenvalue weighted by atomic mass is 10.0. The van der Waals surface area contributed by atoms with Crippen LogP contribution >= 0.6 is 15.9 Å². The molecule has 8 heteroatoms. The zero-order valence-electron chi connectivity index (χ0n) is 14.3. The molecule has 0 aromatic carbocycles. The summed E-state index contributed by atoms with van der Waals surface area (Å²) in [6, 6.07) is 0.710. The van der Waals surface area contributed by atoms with Crippen LogP contribution < -0.4 is 4.90 Å². The Kier molecular flexibility index (Phi) is 4.44. The number of piperidine rings is 1. The Labute approximate surface area is 150 Å². The van der Waals surface area contributed by atoms with E-state index in [0.29, 0.717) is 6.04 Å². The minimum Gasteiger partial charge on any atom is -0.353 e. The van der Waals surface area contributed by atoms with Gasteiger partial charge < -0.3 is 9.80 Å². The first kappa shape index (κ1) is 16.2. The second kappa shape index (κ2) is 6.57. The summed E-state index contributed by atoms with van der Waals surface area (Å²) in [6.45, 7) is 6.65. The van der Waals surface area contributed by atoms with Gasteiger partial charge in [0.1, 0.15) is 16.7 Å². The average molecular weight is 394 g/mol. The van der Waals surface area contributed by atoms with Gasteiger partial charge in [-0.1, -0.05) is 0 Å². The summed E-state index contributed by atoms with van der Waals surface area (Å²) in [7, 11) is 4.15. The quantitative estimate of drug-likeness (QED) is 0.767. The van der Waals surface area contributed by atoms with Crippen molar-refractivity contribution in [1.29, 1.82) is 0 Å². The van der Waals surface area contributed by atoms with E-state index in [4.69, 9.17) is 0 Å². The molecule has 2 aromatic heterocycles. The topological polar surface area (TPSA) is 53.3 Å². The molecule has 2 aliphatic rings. The van der Waals surface area contributed by atoms with E-state index >= 15 is 0 Å². The maximum Gasteiger partial charge on any atom is 0.164 e. The van der Waals surface area contributed by atoms with E-state index in [2.05, 4.69) is 52.7 Å². The van der Waals surface area contributed by atoms with Gasteiger partial charge in [-0.2, -0.15) is 5.10 Å². The number of likely N-dealkylation sites (tertiary alicyclic amines) is 1. The molecule has 1 atom stereocenters. The number of hydrogen-bond donors (Lipinski definition) is 0. The lowest BCUT2D eigenvalue weighted by Crippen LogP contribution is -2.54. The minimum absolute atomic E-state index is 0.710. The van der Waals surface area contributed by atoms with Crippen LogP contribution in [0.2, 0.25) is 0 Å². The van der Waals surface area contributed by atoms with Gasteiger partial charge in [0.2, 0.25) is 0 Å². The molecule has 7 nitrogen and oxygen atoms in total. The summed E-state index contributed by atoms with van der Waals surface area (Å²) in [5.41, 5.74) is 0.878. The third-order valence-electron chi connectivity index (χ3n) is 5.29. The van der Waals surface area contributed by atoms with Crippen molar-refractivity contribution >= 4 is 32.8 Å². The van der Waals surface area contributed by atoms with Crippen LogP contribution in [0.15, 0.2) is 10.9 Å². The second-order valence-corrected chi connectivity index (χ2v) is 7.64. The lowest BCUT2D eigenvalue weighted by molar-refractivity contribution is 0.106. The van der Waals surface area contributed by atoms with Crippen molar-refractivity contribution in [3.63, 3.8) is 0 Å². The van der Waals surface area contributed by atoms with Crippen molar-refractivity contribution in [2.24, 2.45) is 7.05 Å². The fourth-order valence-corrected chi connectivity index (χ4v) is 4.59. The Morgan fingerprint density at radius 2 is 1.88 bits per heavy atom. The molecule has 2 aromatic rings. The molecule has 130 valence electrons. The van der Waals surface area contributed by atoms with Crippen LogP contribution in [0.25, 0.3) is 11.0 Å². The van der Waals surface area contributed by atoms with Crippen LogP contribution in [0.4, 0.5) is 5.82 Å². The number of nitrogens with zero attached hydrogens (tertiary/aromatic N) is 7. The lowest BCUT2D eigenvalue weighted by Gasteiger charge is -2.43. The van der Waals surface area contributed by atoms with Crippen molar-refractivity contribution in [2.45, 2.75) is 18.9 Å². The second-order valence-electron chi connectivity index (χ2n) is 6.89. The van der Waals surface area contributed by atoms with Crippen molar-refractivity contribution in [2.75, 3.05) is 51.2 Å². The highest BCUT2D eigenvalue weighted by Crippen LogP contribution is 2.30. The van der Waals surface area contributed by atoms with Gasteiger partial charge in [0.05, 0.1) is 5.39 Å². The number of aromatic nitrogens is 4. The molecule has 4 heterocycles. The number of hydrogen-bond acceptors (Lipinski definition) is 6. The molecule has 0 amide bonds. The maximum absolute atomic E-state index is 4.56. The molecule has 0 saturated carbocycles. The van der Waals surface area contributed by atoms with Gasteiger partial charge in [-0.05, 0) is 42.4 Å². The number of likely N-dealkylation sites (N-methyl/N-ethyl adjacent to an activating group) is 1. The summed E-state index contributed by atoms with van der Waals surface area (Å²) in [4.78, 5) is 16.4. The predicted molar refractivity (Wildman–Crippen MR) is 98.3 cm³/mol. The molecule has 0 radical (unpaired) electrons. The van der Waals surface area contributed by atoms with Gasteiger partial charge in [0, 0.05) is 45.8 Å². The molecule has 2 aliphatic heterocycles. The standard InChI is InChI=1S/C16H24BrN7/c1-21-5-3-4-12(10-21)23-6-8-24(9-7-23)16-13-14(17)20-22(2)15(13)18-11-19-16/h11-12H,3-10H2,1-2H3. The van der Waals surface area contributed by atoms with Crippen LogP contribution in [0, 0.1) is 0 Å². The van der Waals surface area contributed by atoms with Crippen molar-refractivity contribution in [3.8, 4) is 0 Å². The highest BCUT2D eigenvalue weighted by Gasteiger charge is 2.28. The highest BCUT2D eigenvalue weighted by molar-refractivity contribution is 9.10. The first-order valence-corrected chi connectivity index (χ1v) is 9.43. The van der Waals surface area contributed by atoms with Crippen LogP contribution in [0.3, 0.4) is 0 Å². The first-order chi connectivity index (χ1) is 11.6. The molecule has 2 saturated heterocycles. The Hall–Kier alpha value is -1.25. The van der Waals surface area contributed by atoms with E-state index in [1.54, 1.807) is 11.0 Å². The Balaban J connectivity index is 1.50. The number of aryl methyl sites for hydroxylation is 1. The third-order valence-corrected chi connectivity index (χ3v) is 5.84. The molecule has 2 fully saturated rings. The zero-order valence-corrected chi connectivity index (χ0v) is 15.9. The Bertz CT molecular complexity index is 723. The van der Waals surface area contributed by atoms with Crippen molar-refractivity contribution < 1.29 is 0 Å². The van der Waals surface area contributed by atoms with Crippen LogP contribution in [-0.2, 0) is 7.05 Å². The highest BCUT2D eigenvalue weighted by atomic mass is 79.9. The molecule has 0 aliphatic carbocycles. The predicted octanol–water partition coefficient (Wildman–Crippen LogP) is 1.34. The van der Waals surface area contributed by atoms with E-state index in [0.717, 1.165) is 47.6 Å². The summed E-state index contributed by atoms with van der Waals surface area (Å²) in [5.74, 6) is 1.00. The van der Waals surface area contributed by atoms with E-state index in [-0.39, 0.29) is 0 Å². The van der Waals surface area contributed by atoms with Gasteiger partial charge >= 0.3 is 0 Å². The van der Waals surface area contributed by atoms with Crippen molar-refractivity contribution in [1.82, 2.24) is 29.5 Å². The van der Waals surface area contributed by atoms with Gasteiger partial charge in [-0.15, -0.1) is 0 Å². The number of rotatable bonds is 2. The first-order valence-electron chi connectivity index (χ1n) is 8.64. The van der Waals surface area contributed by atoms with Gasteiger partial charge in [-0.3, -0.25) is 4.90 Å². The summed E-state index contributed by atoms with van der Waals surface area (Å²) >= 11 is 3.56. The molecular weight excluding hydrogens is 370 g/mol. The van der Waals surface area contributed by atoms with Gasteiger partial charge in [0.25, 0.3) is 0 Å². The molecule has 0 spiro atoms. The SMILES string of the molecule is CN1CCCC(N2CCN(c3ncnc4c3c(Br)nn4C)CC2)C1. The number of halogens is 1. The summed E-state index contributed by atoms with van der Waals surface area (Å²) < 4.78 is 2.63. The maximum atomic E-state index is 4.56. The largest absolute Gasteiger partial charge is 0.353 e. The molecule has 4 rings (SSSR count). The third kappa shape index (κ3) is 2.91. The number of fused-ring (bicyclic) bond motifs is 1. The smallest absolute Gasteiger partial charge is 0.164 e. The van der Waals surface area contributed by atoms with Crippen LogP contribution in [0.1, 0.15) is 12.8 Å². The zero-order chi connectivity index (χ0) is 16.7. The molecule has 0 N–H and O–H groups in total. The molecule has 24 heavy (non-hydrogen) atoms. The monoisotopic (exact) mass is 393 g/mol. The number of anilines is 1. The molecular formula is C16H24BrN7. The van der Waals surface area contributed by atoms with E-state index in [9.17, 15) is 0 Å². The van der Waals surface area contributed by atoms with E-state index in [1.807, 2.05) is 7.05 Å². The van der Waals surface area contributed by atoms with Crippen molar-refractivity contribution in [3.05, 3.63) is 10.9 Å². The average Bonchev–Trinajstić information content (AvgIpc) is 2.90. The van der Waals surface area contributed by atoms with Gasteiger partial charge in [-0.25, -0.2) is 14.6 Å². The van der Waals surface area contributed by atoms with Gasteiger partial charge in [0.15, 0.2) is 5.65 Å². The van der Waals surface area contributed by atoms with Crippen LogP contribution in [-0.4, -0.2) is 81.9 Å². The van der Waals surface area contributed by atoms with Crippen LogP contribution in [0.5, 0.6) is 0 Å². The fraction of sp³-hybridized carbons (Fsp3) is 0.688.